The molecule has 25 heavy (non-hydrogen) atoms. The molecule has 1 N–H and O–H groups in total. The summed E-state index contributed by atoms with van der Waals surface area (Å²) in [5, 5.41) is 11.6. The predicted molar refractivity (Wildman–Crippen MR) is 101 cm³/mol. The number of aromatic amines is 1. The molecular formula is C17H13BrN4O2S. The van der Waals surface area contributed by atoms with E-state index in [4.69, 9.17) is 21.7 Å². The van der Waals surface area contributed by atoms with Crippen molar-refractivity contribution in [2.24, 2.45) is 5.10 Å². The van der Waals surface area contributed by atoms with Crippen LogP contribution in [0.3, 0.4) is 0 Å². The van der Waals surface area contributed by atoms with Crippen LogP contribution in [0.15, 0.2) is 46.0 Å². The molecule has 8 heteroatoms. The van der Waals surface area contributed by atoms with Gasteiger partial charge in [0.25, 0.3) is 0 Å². The molecule has 126 valence electrons. The molecule has 0 saturated carbocycles. The number of aromatic nitrogens is 3. The number of aryl methyl sites for hydroxylation is 1. The van der Waals surface area contributed by atoms with E-state index in [1.54, 1.807) is 10.9 Å². The lowest BCUT2D eigenvalue weighted by molar-refractivity contribution is 0.174. The van der Waals surface area contributed by atoms with Crippen LogP contribution in [-0.4, -0.2) is 27.9 Å². The van der Waals surface area contributed by atoms with Crippen molar-refractivity contribution in [2.45, 2.75) is 6.92 Å². The van der Waals surface area contributed by atoms with Gasteiger partial charge in [-0.25, -0.2) is 5.10 Å². The molecule has 2 heterocycles. The Morgan fingerprint density at radius 3 is 2.72 bits per heavy atom. The van der Waals surface area contributed by atoms with Crippen molar-refractivity contribution in [1.29, 1.82) is 0 Å². The zero-order chi connectivity index (χ0) is 17.4. The first-order chi connectivity index (χ1) is 12.1. The molecule has 0 unspecified atom stereocenters. The molecule has 1 aliphatic rings. The van der Waals surface area contributed by atoms with Crippen LogP contribution in [0.2, 0.25) is 0 Å². The zero-order valence-corrected chi connectivity index (χ0v) is 15.6. The van der Waals surface area contributed by atoms with Crippen molar-refractivity contribution in [3.8, 4) is 22.9 Å². The molecule has 0 saturated heterocycles. The highest BCUT2D eigenvalue weighted by Crippen LogP contribution is 2.36. The Hall–Kier alpha value is -2.45. The minimum absolute atomic E-state index is 0.229. The van der Waals surface area contributed by atoms with Crippen LogP contribution in [0.25, 0.3) is 11.4 Å². The van der Waals surface area contributed by atoms with E-state index in [1.165, 1.54) is 5.56 Å². The van der Waals surface area contributed by atoms with Crippen LogP contribution in [0.1, 0.15) is 11.1 Å². The number of benzene rings is 2. The van der Waals surface area contributed by atoms with Crippen molar-refractivity contribution in [3.05, 3.63) is 56.8 Å². The van der Waals surface area contributed by atoms with Crippen LogP contribution >= 0.6 is 28.1 Å². The Labute approximate surface area is 157 Å². The second-order valence-corrected chi connectivity index (χ2v) is 6.74. The fraction of sp³-hybridized carbons (Fsp3) is 0.118. The first-order valence-corrected chi connectivity index (χ1v) is 8.70. The van der Waals surface area contributed by atoms with E-state index in [9.17, 15) is 0 Å². The molecule has 0 bridgehead atoms. The van der Waals surface area contributed by atoms with Gasteiger partial charge in [0.2, 0.25) is 11.6 Å². The third-order valence-corrected chi connectivity index (χ3v) is 4.72. The summed E-state index contributed by atoms with van der Waals surface area (Å²) in [5.74, 6) is 2.06. The van der Waals surface area contributed by atoms with Crippen LogP contribution in [-0.2, 0) is 0 Å². The van der Waals surface area contributed by atoms with E-state index >= 15 is 0 Å². The van der Waals surface area contributed by atoms with Crippen LogP contribution in [0.4, 0.5) is 0 Å². The quantitative estimate of drug-likeness (QED) is 0.510. The number of fused-ring (bicyclic) bond motifs is 1. The highest BCUT2D eigenvalue weighted by molar-refractivity contribution is 9.10. The van der Waals surface area contributed by atoms with Gasteiger partial charge in [0.15, 0.2) is 17.3 Å². The van der Waals surface area contributed by atoms with E-state index in [-0.39, 0.29) is 6.79 Å². The van der Waals surface area contributed by atoms with Crippen LogP contribution < -0.4 is 9.47 Å². The first kappa shape index (κ1) is 16.0. The van der Waals surface area contributed by atoms with Gasteiger partial charge < -0.3 is 9.47 Å². The monoisotopic (exact) mass is 416 g/mol. The predicted octanol–water partition coefficient (Wildman–Crippen LogP) is 4.29. The molecule has 0 aliphatic carbocycles. The van der Waals surface area contributed by atoms with Gasteiger partial charge in [-0.15, -0.1) is 0 Å². The lowest BCUT2D eigenvalue weighted by Crippen LogP contribution is -1.96. The summed E-state index contributed by atoms with van der Waals surface area (Å²) in [5.41, 5.74) is 2.96. The average Bonchev–Trinajstić information content (AvgIpc) is 3.19. The van der Waals surface area contributed by atoms with Gasteiger partial charge in [0, 0.05) is 15.6 Å². The molecule has 0 spiro atoms. The van der Waals surface area contributed by atoms with Crippen LogP contribution in [0.5, 0.6) is 11.5 Å². The second kappa shape index (κ2) is 6.45. The highest BCUT2D eigenvalue weighted by atomic mass is 79.9. The molecular weight excluding hydrogens is 404 g/mol. The Morgan fingerprint density at radius 2 is 1.96 bits per heavy atom. The van der Waals surface area contributed by atoms with Crippen molar-refractivity contribution < 1.29 is 9.47 Å². The Balaban J connectivity index is 1.72. The number of nitrogens with zero attached hydrogens (tertiary/aromatic N) is 3. The maximum atomic E-state index is 5.41. The summed E-state index contributed by atoms with van der Waals surface area (Å²) < 4.78 is 13.6. The fourth-order valence-electron chi connectivity index (χ4n) is 2.44. The Kier molecular flexibility index (Phi) is 4.14. The number of rotatable bonds is 3. The number of ether oxygens (including phenoxy) is 2. The van der Waals surface area contributed by atoms with E-state index in [2.05, 4.69) is 31.2 Å². The Morgan fingerprint density at radius 1 is 1.24 bits per heavy atom. The summed E-state index contributed by atoms with van der Waals surface area (Å²) in [4.78, 5) is 0. The zero-order valence-electron chi connectivity index (χ0n) is 13.2. The largest absolute Gasteiger partial charge is 0.454 e. The van der Waals surface area contributed by atoms with E-state index in [1.807, 2.05) is 43.3 Å². The molecule has 0 amide bonds. The van der Waals surface area contributed by atoms with Gasteiger partial charge in [-0.05, 0) is 47.2 Å². The van der Waals surface area contributed by atoms with E-state index in [0.29, 0.717) is 22.1 Å². The van der Waals surface area contributed by atoms with Gasteiger partial charge >= 0.3 is 0 Å². The average molecular weight is 417 g/mol. The molecule has 1 aliphatic heterocycles. The van der Waals surface area contributed by atoms with Gasteiger partial charge in [0.1, 0.15) is 0 Å². The lowest BCUT2D eigenvalue weighted by atomic mass is 10.1. The van der Waals surface area contributed by atoms with E-state index in [0.717, 1.165) is 15.6 Å². The Bertz CT molecular complexity index is 1020. The molecule has 2 aromatic carbocycles. The molecule has 4 rings (SSSR count). The summed E-state index contributed by atoms with van der Waals surface area (Å²) in [6, 6.07) is 11.8. The normalized spacial score (nSPS) is 12.9. The number of hydrogen-bond acceptors (Lipinski definition) is 5. The molecule has 0 radical (unpaired) electrons. The van der Waals surface area contributed by atoms with Gasteiger partial charge in [-0.2, -0.15) is 14.9 Å². The third-order valence-electron chi connectivity index (χ3n) is 3.76. The molecule has 0 atom stereocenters. The third kappa shape index (κ3) is 3.10. The van der Waals surface area contributed by atoms with Crippen molar-refractivity contribution >= 4 is 34.4 Å². The van der Waals surface area contributed by atoms with Crippen molar-refractivity contribution in [3.63, 3.8) is 0 Å². The van der Waals surface area contributed by atoms with Crippen molar-refractivity contribution in [2.75, 3.05) is 6.79 Å². The molecule has 6 nitrogen and oxygen atoms in total. The van der Waals surface area contributed by atoms with Gasteiger partial charge in [-0.1, -0.05) is 29.8 Å². The highest BCUT2D eigenvalue weighted by Gasteiger charge is 2.16. The summed E-state index contributed by atoms with van der Waals surface area (Å²) in [6.45, 7) is 2.27. The topological polar surface area (TPSA) is 64.4 Å². The fourth-order valence-corrected chi connectivity index (χ4v) is 3.04. The van der Waals surface area contributed by atoms with Gasteiger partial charge in [-0.3, -0.25) is 0 Å². The van der Waals surface area contributed by atoms with Crippen LogP contribution in [0, 0.1) is 11.7 Å². The minimum atomic E-state index is 0.229. The molecule has 0 fully saturated rings. The summed E-state index contributed by atoms with van der Waals surface area (Å²) in [6.07, 6.45) is 1.70. The minimum Gasteiger partial charge on any atom is -0.454 e. The number of halogens is 1. The number of hydrogen-bond donors (Lipinski definition) is 1. The molecule has 1 aromatic heterocycles. The lowest BCUT2D eigenvalue weighted by Gasteiger charge is -2.03. The maximum Gasteiger partial charge on any atom is 0.231 e. The summed E-state index contributed by atoms with van der Waals surface area (Å²) >= 11 is 8.82. The smallest absolute Gasteiger partial charge is 0.231 e. The first-order valence-electron chi connectivity index (χ1n) is 7.50. The second-order valence-electron chi connectivity index (χ2n) is 5.50. The number of H-pyrrole nitrogens is 1. The number of nitrogens with one attached hydrogen (secondary N) is 1. The van der Waals surface area contributed by atoms with Crippen molar-refractivity contribution in [1.82, 2.24) is 14.9 Å². The van der Waals surface area contributed by atoms with E-state index < -0.39 is 0 Å². The maximum absolute atomic E-state index is 5.41. The SMILES string of the molecule is Cc1ccc(-c2n[nH]c(=S)n2/N=C/c2cc3c(cc2Br)OCO3)cc1. The summed E-state index contributed by atoms with van der Waals surface area (Å²) in [7, 11) is 0. The molecule has 3 aromatic rings. The van der Waals surface area contributed by atoms with Gasteiger partial charge in [0.05, 0.1) is 6.21 Å². The standard InChI is InChI=1S/C17H13BrN4O2S/c1-10-2-4-11(5-3-10)16-20-21-17(25)22(16)19-8-12-6-14-15(7-13(12)18)24-9-23-14/h2-8H,9H2,1H3,(H,21,25)/b19-8+.